The number of fused-ring (bicyclic) bond motifs is 1. The normalized spacial score (nSPS) is 14.6. The maximum absolute atomic E-state index is 12.4. The van der Waals surface area contributed by atoms with Crippen LogP contribution in [0.3, 0.4) is 0 Å². The molecule has 0 spiro atoms. The van der Waals surface area contributed by atoms with Gasteiger partial charge in [0.1, 0.15) is 5.82 Å². The number of aromatic nitrogens is 1. The van der Waals surface area contributed by atoms with Crippen LogP contribution in [0.25, 0.3) is 0 Å². The van der Waals surface area contributed by atoms with Gasteiger partial charge in [0.2, 0.25) is 0 Å². The highest BCUT2D eigenvalue weighted by Gasteiger charge is 2.24. The minimum absolute atomic E-state index is 0.361. The highest BCUT2D eigenvalue weighted by Crippen LogP contribution is 2.30. The maximum atomic E-state index is 12.4. The monoisotopic (exact) mass is 364 g/mol. The molecule has 1 amide bonds. The number of hydrogen-bond donors (Lipinski definition) is 1. The summed E-state index contributed by atoms with van der Waals surface area (Å²) in [6.45, 7) is 1.54. The first-order valence-corrected chi connectivity index (χ1v) is 9.03. The van der Waals surface area contributed by atoms with Gasteiger partial charge in [-0.15, -0.1) is 11.3 Å². The zero-order valence-corrected chi connectivity index (χ0v) is 14.7. The van der Waals surface area contributed by atoms with E-state index in [0.717, 1.165) is 31.2 Å². The first kappa shape index (κ1) is 16.9. The van der Waals surface area contributed by atoms with Crippen LogP contribution in [0.15, 0.2) is 23.7 Å². The Kier molecular flexibility index (Phi) is 5.16. The predicted molar refractivity (Wildman–Crippen MR) is 93.7 cm³/mol. The van der Waals surface area contributed by atoms with E-state index in [1.807, 2.05) is 5.38 Å². The van der Waals surface area contributed by atoms with Crippen molar-refractivity contribution in [2.45, 2.75) is 38.7 Å². The first-order valence-electron chi connectivity index (χ1n) is 7.77. The number of rotatable bonds is 4. The van der Waals surface area contributed by atoms with E-state index < -0.39 is 18.0 Å². The molecule has 0 saturated carbocycles. The molecule has 7 heteroatoms. The molecule has 0 bridgehead atoms. The number of ether oxygens (including phenoxy) is 1. The molecule has 1 aliphatic rings. The van der Waals surface area contributed by atoms with E-state index in [1.165, 1.54) is 11.1 Å². The lowest BCUT2D eigenvalue weighted by Gasteiger charge is -2.15. The van der Waals surface area contributed by atoms with Crippen molar-refractivity contribution in [3.8, 4) is 0 Å². The molecule has 0 unspecified atom stereocenters. The molecule has 5 nitrogen and oxygen atoms in total. The maximum Gasteiger partial charge on any atom is 0.340 e. The number of amides is 1. The van der Waals surface area contributed by atoms with E-state index in [9.17, 15) is 9.59 Å². The molecular formula is C17H17ClN2O3S. The van der Waals surface area contributed by atoms with Crippen LogP contribution in [0.4, 0.5) is 5.82 Å². The van der Waals surface area contributed by atoms with Gasteiger partial charge in [-0.05, 0) is 50.3 Å². The number of halogens is 1. The quantitative estimate of drug-likeness (QED) is 0.836. The van der Waals surface area contributed by atoms with Crippen LogP contribution in [-0.4, -0.2) is 23.0 Å². The van der Waals surface area contributed by atoms with Gasteiger partial charge in [0.05, 0.1) is 10.6 Å². The minimum Gasteiger partial charge on any atom is -0.449 e. The van der Waals surface area contributed by atoms with Crippen LogP contribution in [0, 0.1) is 0 Å². The number of anilines is 1. The largest absolute Gasteiger partial charge is 0.449 e. The summed E-state index contributed by atoms with van der Waals surface area (Å²) in [5.74, 6) is -0.511. The molecule has 0 saturated heterocycles. The van der Waals surface area contributed by atoms with Crippen LogP contribution in [0.2, 0.25) is 5.02 Å². The van der Waals surface area contributed by atoms with Crippen molar-refractivity contribution in [3.63, 3.8) is 0 Å². The van der Waals surface area contributed by atoms with Crippen LogP contribution >= 0.6 is 22.9 Å². The summed E-state index contributed by atoms with van der Waals surface area (Å²) in [5.41, 5.74) is 1.68. The van der Waals surface area contributed by atoms with Gasteiger partial charge in [-0.25, -0.2) is 9.78 Å². The zero-order chi connectivity index (χ0) is 17.1. The third kappa shape index (κ3) is 3.76. The predicted octanol–water partition coefficient (Wildman–Crippen LogP) is 3.86. The summed E-state index contributed by atoms with van der Waals surface area (Å²) in [4.78, 5) is 29.7. The Bertz CT molecular complexity index is 758. The van der Waals surface area contributed by atoms with E-state index >= 15 is 0 Å². The second-order valence-electron chi connectivity index (χ2n) is 5.66. The summed E-state index contributed by atoms with van der Waals surface area (Å²) >= 11 is 7.35. The number of hydrogen-bond acceptors (Lipinski definition) is 5. The molecule has 0 radical (unpaired) electrons. The molecule has 2 aromatic rings. The average molecular weight is 365 g/mol. The van der Waals surface area contributed by atoms with Gasteiger partial charge in [0, 0.05) is 16.5 Å². The van der Waals surface area contributed by atoms with Gasteiger partial charge in [-0.3, -0.25) is 4.79 Å². The lowest BCUT2D eigenvalue weighted by atomic mass is 9.96. The Morgan fingerprint density at radius 3 is 2.88 bits per heavy atom. The molecule has 0 fully saturated rings. The summed E-state index contributed by atoms with van der Waals surface area (Å²) in [6, 6.07) is 3.21. The van der Waals surface area contributed by atoms with Crippen LogP contribution < -0.4 is 5.32 Å². The lowest BCUT2D eigenvalue weighted by Crippen LogP contribution is -2.30. The number of carbonyl (C=O) groups excluding carboxylic acids is 2. The second kappa shape index (κ2) is 7.32. The lowest BCUT2D eigenvalue weighted by molar-refractivity contribution is -0.123. The van der Waals surface area contributed by atoms with Crippen molar-refractivity contribution in [1.29, 1.82) is 0 Å². The van der Waals surface area contributed by atoms with Crippen LogP contribution in [0.5, 0.6) is 0 Å². The Hall–Kier alpha value is -1.92. The fourth-order valence-electron chi connectivity index (χ4n) is 2.62. The van der Waals surface area contributed by atoms with E-state index in [-0.39, 0.29) is 0 Å². The summed E-state index contributed by atoms with van der Waals surface area (Å²) in [7, 11) is 0. The Labute approximate surface area is 149 Å². The van der Waals surface area contributed by atoms with Crippen molar-refractivity contribution >= 4 is 40.6 Å². The number of thiophene rings is 1. The molecule has 1 atom stereocenters. The third-order valence-corrected chi connectivity index (χ3v) is 5.23. The fraction of sp³-hybridized carbons (Fsp3) is 0.353. The minimum atomic E-state index is -0.908. The van der Waals surface area contributed by atoms with E-state index in [0.29, 0.717) is 16.4 Å². The van der Waals surface area contributed by atoms with Gasteiger partial charge in [0.25, 0.3) is 5.91 Å². The van der Waals surface area contributed by atoms with Gasteiger partial charge >= 0.3 is 5.97 Å². The number of pyridine rings is 1. The van der Waals surface area contributed by atoms with Gasteiger partial charge in [0.15, 0.2) is 6.10 Å². The highest BCUT2D eigenvalue weighted by atomic mass is 35.5. The fourth-order valence-corrected chi connectivity index (χ4v) is 3.85. The summed E-state index contributed by atoms with van der Waals surface area (Å²) in [6.07, 6.45) is 4.70. The van der Waals surface area contributed by atoms with E-state index in [2.05, 4.69) is 10.3 Å². The highest BCUT2D eigenvalue weighted by molar-refractivity contribution is 7.10. The van der Waals surface area contributed by atoms with Crippen molar-refractivity contribution in [2.24, 2.45) is 0 Å². The average Bonchev–Trinajstić information content (AvgIpc) is 3.01. The Balaban J connectivity index is 1.62. The summed E-state index contributed by atoms with van der Waals surface area (Å²) in [5, 5.41) is 4.92. The Morgan fingerprint density at radius 1 is 1.33 bits per heavy atom. The summed E-state index contributed by atoms with van der Waals surface area (Å²) < 4.78 is 5.32. The number of nitrogens with one attached hydrogen (secondary N) is 1. The third-order valence-electron chi connectivity index (χ3n) is 3.91. The molecule has 126 valence electrons. The van der Waals surface area contributed by atoms with E-state index in [1.54, 1.807) is 30.4 Å². The molecule has 2 heterocycles. The molecule has 24 heavy (non-hydrogen) atoms. The molecule has 0 aromatic carbocycles. The molecule has 0 aliphatic heterocycles. The molecular weight excluding hydrogens is 348 g/mol. The van der Waals surface area contributed by atoms with Gasteiger partial charge in [-0.1, -0.05) is 11.6 Å². The number of aryl methyl sites for hydroxylation is 1. The van der Waals surface area contributed by atoms with Crippen molar-refractivity contribution in [1.82, 2.24) is 4.98 Å². The molecule has 1 N–H and O–H groups in total. The molecule has 2 aromatic heterocycles. The standard InChI is InChI=1S/C17H17ClN2O3S/c1-10(16(21)20-15-7-6-11(18)8-19-15)23-17(22)13-9-24-14-5-3-2-4-12(13)14/h6-10H,2-5H2,1H3,(H,19,20,21)/t10-/m1/s1. The number of carbonyl (C=O) groups is 2. The van der Waals surface area contributed by atoms with Crippen LogP contribution in [-0.2, 0) is 22.4 Å². The smallest absolute Gasteiger partial charge is 0.340 e. The number of esters is 1. The van der Waals surface area contributed by atoms with Crippen molar-refractivity contribution in [3.05, 3.63) is 44.7 Å². The Morgan fingerprint density at radius 2 is 2.12 bits per heavy atom. The van der Waals surface area contributed by atoms with Crippen molar-refractivity contribution in [2.75, 3.05) is 5.32 Å². The number of nitrogens with zero attached hydrogens (tertiary/aromatic N) is 1. The van der Waals surface area contributed by atoms with Crippen molar-refractivity contribution < 1.29 is 14.3 Å². The van der Waals surface area contributed by atoms with Crippen LogP contribution in [0.1, 0.15) is 40.6 Å². The van der Waals surface area contributed by atoms with E-state index in [4.69, 9.17) is 16.3 Å². The zero-order valence-electron chi connectivity index (χ0n) is 13.2. The second-order valence-corrected chi connectivity index (χ2v) is 7.06. The van der Waals surface area contributed by atoms with Gasteiger partial charge in [-0.2, -0.15) is 0 Å². The molecule has 1 aliphatic carbocycles. The topological polar surface area (TPSA) is 68.3 Å². The molecule has 3 rings (SSSR count). The first-order chi connectivity index (χ1) is 11.5. The SMILES string of the molecule is C[C@@H](OC(=O)c1csc2c1CCCC2)C(=O)Nc1ccc(Cl)cn1. The van der Waals surface area contributed by atoms with Gasteiger partial charge < -0.3 is 10.1 Å².